The van der Waals surface area contributed by atoms with Gasteiger partial charge >= 0.3 is 5.97 Å². The van der Waals surface area contributed by atoms with Crippen molar-refractivity contribution in [1.29, 1.82) is 0 Å². The molecule has 1 aliphatic rings. The Hall–Kier alpha value is -3.55. The van der Waals surface area contributed by atoms with Crippen LogP contribution in [0.25, 0.3) is 22.6 Å². The van der Waals surface area contributed by atoms with Gasteiger partial charge in [0.05, 0.1) is 24.3 Å². The molecule has 1 unspecified atom stereocenters. The highest BCUT2D eigenvalue weighted by Crippen LogP contribution is 2.25. The smallest absolute Gasteiger partial charge is 0.310 e. The van der Waals surface area contributed by atoms with Crippen LogP contribution < -0.4 is 0 Å². The van der Waals surface area contributed by atoms with Gasteiger partial charge in [0, 0.05) is 42.9 Å². The second-order valence-corrected chi connectivity index (χ2v) is 7.45. The number of H-pyrrole nitrogens is 1. The summed E-state index contributed by atoms with van der Waals surface area (Å²) >= 11 is 0. The van der Waals surface area contributed by atoms with Gasteiger partial charge in [-0.2, -0.15) is 0 Å². The molecule has 0 saturated carbocycles. The number of aromatic amines is 1. The van der Waals surface area contributed by atoms with E-state index in [1.54, 1.807) is 23.5 Å². The van der Waals surface area contributed by atoms with Crippen molar-refractivity contribution < 1.29 is 14.3 Å². The first-order chi connectivity index (χ1) is 14.5. The Morgan fingerprint density at radius 3 is 2.77 bits per heavy atom. The second-order valence-electron chi connectivity index (χ2n) is 7.45. The molecule has 8 heteroatoms. The molecule has 3 aromatic heterocycles. The fourth-order valence-corrected chi connectivity index (χ4v) is 3.61. The van der Waals surface area contributed by atoms with Gasteiger partial charge in [-0.3, -0.25) is 19.6 Å². The molecule has 0 radical (unpaired) electrons. The fraction of sp³-hybridized carbons (Fsp3) is 0.318. The molecule has 0 bridgehead atoms. The molecule has 3 aromatic rings. The summed E-state index contributed by atoms with van der Waals surface area (Å²) in [7, 11) is 1.37. The Labute approximate surface area is 174 Å². The van der Waals surface area contributed by atoms with Gasteiger partial charge in [-0.05, 0) is 44.0 Å². The number of ether oxygens (including phenoxy) is 1. The van der Waals surface area contributed by atoms with Gasteiger partial charge in [-0.25, -0.2) is 4.98 Å². The molecule has 0 aliphatic carbocycles. The molecule has 1 aliphatic heterocycles. The highest BCUT2D eigenvalue weighted by molar-refractivity contribution is 5.95. The maximum absolute atomic E-state index is 12.9. The lowest BCUT2D eigenvalue weighted by atomic mass is 10.1. The van der Waals surface area contributed by atoms with Crippen molar-refractivity contribution in [3.63, 3.8) is 0 Å². The second kappa shape index (κ2) is 8.06. The van der Waals surface area contributed by atoms with Crippen LogP contribution in [0.4, 0.5) is 0 Å². The van der Waals surface area contributed by atoms with Gasteiger partial charge in [-0.1, -0.05) is 0 Å². The van der Waals surface area contributed by atoms with E-state index in [-0.39, 0.29) is 17.8 Å². The quantitative estimate of drug-likeness (QED) is 0.670. The Balaban J connectivity index is 1.57. The van der Waals surface area contributed by atoms with Crippen LogP contribution in [0.5, 0.6) is 0 Å². The van der Waals surface area contributed by atoms with E-state index in [4.69, 9.17) is 4.74 Å². The van der Waals surface area contributed by atoms with E-state index in [9.17, 15) is 9.59 Å². The molecule has 8 nitrogen and oxygen atoms in total. The summed E-state index contributed by atoms with van der Waals surface area (Å²) in [4.78, 5) is 42.8. The van der Waals surface area contributed by atoms with Crippen molar-refractivity contribution in [2.24, 2.45) is 5.92 Å². The molecule has 1 saturated heterocycles. The highest BCUT2D eigenvalue weighted by Gasteiger charge is 2.32. The fourth-order valence-electron chi connectivity index (χ4n) is 3.61. The predicted octanol–water partition coefficient (Wildman–Crippen LogP) is 2.79. The van der Waals surface area contributed by atoms with E-state index in [1.165, 1.54) is 7.11 Å². The number of amides is 1. The number of pyridine rings is 2. The number of carbonyl (C=O) groups is 2. The monoisotopic (exact) mass is 405 g/mol. The number of rotatable bonds is 4. The van der Waals surface area contributed by atoms with Crippen molar-refractivity contribution >= 4 is 11.9 Å². The number of nitrogens with one attached hydrogen (secondary N) is 1. The summed E-state index contributed by atoms with van der Waals surface area (Å²) in [5, 5.41) is 0. The number of imidazole rings is 1. The standard InChI is InChI=1S/C22H23N5O3/c1-13-14(2)26-20(25-13)19-9-15(4-6-24-19)17-8-18(11-23-10-17)21(28)27-7-5-16(12-27)22(29)30-3/h4,6,8-11,16H,5,7,12H2,1-3H3,(H,25,26). The average Bonchev–Trinajstić information content (AvgIpc) is 3.40. The maximum Gasteiger partial charge on any atom is 0.310 e. The van der Waals surface area contributed by atoms with Gasteiger partial charge in [0.2, 0.25) is 0 Å². The summed E-state index contributed by atoms with van der Waals surface area (Å²) in [6.45, 7) is 4.81. The molecule has 1 fully saturated rings. The number of hydrogen-bond donors (Lipinski definition) is 1. The van der Waals surface area contributed by atoms with E-state index in [2.05, 4.69) is 19.9 Å². The number of aryl methyl sites for hydroxylation is 2. The van der Waals surface area contributed by atoms with E-state index in [0.717, 1.165) is 28.2 Å². The maximum atomic E-state index is 12.9. The first-order valence-corrected chi connectivity index (χ1v) is 9.78. The number of likely N-dealkylation sites (tertiary alicyclic amines) is 1. The summed E-state index contributed by atoms with van der Waals surface area (Å²) in [5.74, 6) is 0.0308. The van der Waals surface area contributed by atoms with E-state index >= 15 is 0 Å². The lowest BCUT2D eigenvalue weighted by Gasteiger charge is -2.16. The van der Waals surface area contributed by atoms with Crippen molar-refractivity contribution in [2.45, 2.75) is 20.3 Å². The highest BCUT2D eigenvalue weighted by atomic mass is 16.5. The average molecular weight is 405 g/mol. The third-order valence-corrected chi connectivity index (χ3v) is 5.46. The summed E-state index contributed by atoms with van der Waals surface area (Å²) in [6.07, 6.45) is 5.60. The van der Waals surface area contributed by atoms with Crippen LogP contribution in [0.3, 0.4) is 0 Å². The number of nitrogens with zero attached hydrogens (tertiary/aromatic N) is 4. The van der Waals surface area contributed by atoms with Gasteiger partial charge < -0.3 is 14.6 Å². The molecule has 4 rings (SSSR count). The molecule has 0 aromatic carbocycles. The zero-order valence-corrected chi connectivity index (χ0v) is 17.2. The van der Waals surface area contributed by atoms with Crippen molar-refractivity contribution in [1.82, 2.24) is 24.8 Å². The summed E-state index contributed by atoms with van der Waals surface area (Å²) in [5.41, 5.74) is 4.85. The van der Waals surface area contributed by atoms with Crippen molar-refractivity contribution in [2.75, 3.05) is 20.2 Å². The summed E-state index contributed by atoms with van der Waals surface area (Å²) < 4.78 is 4.80. The third-order valence-electron chi connectivity index (χ3n) is 5.46. The summed E-state index contributed by atoms with van der Waals surface area (Å²) in [6, 6.07) is 5.62. The number of carbonyl (C=O) groups excluding carboxylic acids is 2. The van der Waals surface area contributed by atoms with Gasteiger partial charge in [0.15, 0.2) is 5.82 Å². The molecule has 1 atom stereocenters. The molecule has 4 heterocycles. The SMILES string of the molecule is COC(=O)C1CCN(C(=O)c2cncc(-c3ccnc(-c4nc(C)c(C)[nH]4)c3)c2)C1. The van der Waals surface area contributed by atoms with Crippen LogP contribution in [0.2, 0.25) is 0 Å². The molecule has 30 heavy (non-hydrogen) atoms. The molecule has 1 N–H and O–H groups in total. The minimum atomic E-state index is -0.273. The normalized spacial score (nSPS) is 16.0. The Morgan fingerprint density at radius 1 is 1.20 bits per heavy atom. The Kier molecular flexibility index (Phi) is 5.31. The van der Waals surface area contributed by atoms with Gasteiger partial charge in [-0.15, -0.1) is 0 Å². The minimum Gasteiger partial charge on any atom is -0.469 e. The molecular formula is C22H23N5O3. The van der Waals surface area contributed by atoms with E-state index < -0.39 is 0 Å². The van der Waals surface area contributed by atoms with Crippen molar-refractivity contribution in [3.05, 3.63) is 53.7 Å². The third kappa shape index (κ3) is 3.80. The van der Waals surface area contributed by atoms with Crippen molar-refractivity contribution in [3.8, 4) is 22.6 Å². The minimum absolute atomic E-state index is 0.137. The first-order valence-electron chi connectivity index (χ1n) is 9.78. The van der Waals surface area contributed by atoms with Gasteiger partial charge in [0.25, 0.3) is 5.91 Å². The number of aromatic nitrogens is 4. The molecule has 0 spiro atoms. The largest absolute Gasteiger partial charge is 0.469 e. The number of methoxy groups -OCH3 is 1. The van der Waals surface area contributed by atoms with Crippen LogP contribution >= 0.6 is 0 Å². The lowest BCUT2D eigenvalue weighted by Crippen LogP contribution is -2.30. The Bertz CT molecular complexity index is 1090. The van der Waals surface area contributed by atoms with Crippen LogP contribution in [0.1, 0.15) is 28.2 Å². The molecule has 1 amide bonds. The first kappa shape index (κ1) is 19.8. The van der Waals surface area contributed by atoms with E-state index in [0.29, 0.717) is 30.9 Å². The van der Waals surface area contributed by atoms with E-state index in [1.807, 2.05) is 32.0 Å². The topological polar surface area (TPSA) is 101 Å². The van der Waals surface area contributed by atoms with Crippen LogP contribution in [-0.2, 0) is 9.53 Å². The molecule has 154 valence electrons. The number of esters is 1. The van der Waals surface area contributed by atoms with Crippen LogP contribution in [0.15, 0.2) is 36.8 Å². The Morgan fingerprint density at radius 2 is 2.03 bits per heavy atom. The predicted molar refractivity (Wildman–Crippen MR) is 111 cm³/mol. The lowest BCUT2D eigenvalue weighted by molar-refractivity contribution is -0.144. The van der Waals surface area contributed by atoms with Crippen LogP contribution in [-0.4, -0.2) is 56.9 Å². The zero-order valence-electron chi connectivity index (χ0n) is 17.2. The molecular weight excluding hydrogens is 382 g/mol. The zero-order chi connectivity index (χ0) is 21.3. The van der Waals surface area contributed by atoms with Gasteiger partial charge in [0.1, 0.15) is 5.69 Å². The number of hydrogen-bond acceptors (Lipinski definition) is 6. The van der Waals surface area contributed by atoms with Crippen LogP contribution in [0, 0.1) is 19.8 Å².